The van der Waals surface area contributed by atoms with E-state index in [0.29, 0.717) is 0 Å². The summed E-state index contributed by atoms with van der Waals surface area (Å²) in [7, 11) is 0. The van der Waals surface area contributed by atoms with E-state index in [4.69, 9.17) is 0 Å². The highest BCUT2D eigenvalue weighted by atomic mass is 19.1. The molecule has 1 aromatic heterocycles. The van der Waals surface area contributed by atoms with Crippen molar-refractivity contribution in [2.45, 2.75) is 13.5 Å². The molecule has 5 nitrogen and oxygen atoms in total. The number of anilines is 1. The number of piperazine rings is 1. The summed E-state index contributed by atoms with van der Waals surface area (Å²) in [6.07, 6.45) is 0. The van der Waals surface area contributed by atoms with Gasteiger partial charge in [0.15, 0.2) is 0 Å². The molecule has 0 unspecified atom stereocenters. The second-order valence-electron chi connectivity index (χ2n) is 6.63. The number of carbonyl (C=O) groups excluding carboxylic acids is 1. The first kappa shape index (κ1) is 16.7. The monoisotopic (exact) mass is 352 g/mol. The Kier molecular flexibility index (Phi) is 4.42. The quantitative estimate of drug-likeness (QED) is 0.726. The fourth-order valence-electron chi connectivity index (χ4n) is 3.52. The standard InChI is InChI=1S/C20H21FN4O/c1-15(26)25-20-5-3-2-4-18(20)19(22-25)14-23-10-12-24(13-11-23)17-8-6-16(21)7-9-17/h2-9H,10-14H2,1H3. The second kappa shape index (κ2) is 6.88. The van der Waals surface area contributed by atoms with Crippen molar-refractivity contribution in [3.05, 3.63) is 60.0 Å². The van der Waals surface area contributed by atoms with E-state index in [1.165, 1.54) is 23.7 Å². The van der Waals surface area contributed by atoms with E-state index in [1.54, 1.807) is 0 Å². The molecule has 1 fully saturated rings. The Morgan fingerprint density at radius 2 is 1.73 bits per heavy atom. The fourth-order valence-corrected chi connectivity index (χ4v) is 3.52. The van der Waals surface area contributed by atoms with Gasteiger partial charge in [-0.25, -0.2) is 9.07 Å². The van der Waals surface area contributed by atoms with E-state index >= 15 is 0 Å². The Balaban J connectivity index is 1.47. The van der Waals surface area contributed by atoms with Crippen molar-refractivity contribution in [2.24, 2.45) is 0 Å². The molecule has 6 heteroatoms. The number of fused-ring (bicyclic) bond motifs is 1. The van der Waals surface area contributed by atoms with Crippen LogP contribution in [0.25, 0.3) is 10.9 Å². The molecule has 2 aromatic carbocycles. The molecule has 0 spiro atoms. The molecule has 0 N–H and O–H groups in total. The number of hydrogen-bond acceptors (Lipinski definition) is 4. The number of benzene rings is 2. The van der Waals surface area contributed by atoms with E-state index in [9.17, 15) is 9.18 Å². The van der Waals surface area contributed by atoms with Gasteiger partial charge < -0.3 is 4.90 Å². The lowest BCUT2D eigenvalue weighted by Crippen LogP contribution is -2.46. The lowest BCUT2D eigenvalue weighted by molar-refractivity contribution is 0.0925. The van der Waals surface area contributed by atoms with Crippen molar-refractivity contribution in [3.63, 3.8) is 0 Å². The summed E-state index contributed by atoms with van der Waals surface area (Å²) in [5.74, 6) is -0.283. The highest BCUT2D eigenvalue weighted by Gasteiger charge is 2.20. The molecule has 0 radical (unpaired) electrons. The molecule has 1 saturated heterocycles. The van der Waals surface area contributed by atoms with Gasteiger partial charge in [-0.15, -0.1) is 0 Å². The third kappa shape index (κ3) is 3.20. The van der Waals surface area contributed by atoms with Crippen molar-refractivity contribution >= 4 is 22.5 Å². The summed E-state index contributed by atoms with van der Waals surface area (Å²) in [6, 6.07) is 14.5. The van der Waals surface area contributed by atoms with Crippen LogP contribution in [0.4, 0.5) is 10.1 Å². The van der Waals surface area contributed by atoms with Crippen molar-refractivity contribution in [1.29, 1.82) is 0 Å². The van der Waals surface area contributed by atoms with E-state index in [0.717, 1.165) is 55.0 Å². The normalized spacial score (nSPS) is 15.5. The molecule has 1 aliphatic rings. The Morgan fingerprint density at radius 1 is 1.04 bits per heavy atom. The molecular weight excluding hydrogens is 331 g/mol. The molecule has 0 atom stereocenters. The maximum absolute atomic E-state index is 13.1. The summed E-state index contributed by atoms with van der Waals surface area (Å²) in [5, 5.41) is 5.57. The van der Waals surface area contributed by atoms with Crippen LogP contribution in [0.5, 0.6) is 0 Å². The minimum atomic E-state index is -0.208. The smallest absolute Gasteiger partial charge is 0.244 e. The predicted molar refractivity (Wildman–Crippen MR) is 99.9 cm³/mol. The van der Waals surface area contributed by atoms with Gasteiger partial charge in [0, 0.05) is 50.7 Å². The zero-order valence-electron chi connectivity index (χ0n) is 14.7. The fraction of sp³-hybridized carbons (Fsp3) is 0.300. The Labute approximate surface area is 151 Å². The highest BCUT2D eigenvalue weighted by molar-refractivity contribution is 5.91. The zero-order valence-corrected chi connectivity index (χ0v) is 14.7. The molecule has 0 saturated carbocycles. The first-order chi connectivity index (χ1) is 12.6. The highest BCUT2D eigenvalue weighted by Crippen LogP contribution is 2.22. The van der Waals surface area contributed by atoms with Crippen LogP contribution in [-0.4, -0.2) is 46.8 Å². The van der Waals surface area contributed by atoms with Gasteiger partial charge in [0.2, 0.25) is 5.91 Å². The molecule has 1 aliphatic heterocycles. The number of halogens is 1. The SMILES string of the molecule is CC(=O)n1nc(CN2CCN(c3ccc(F)cc3)CC2)c2ccccc21. The maximum atomic E-state index is 13.1. The Bertz CT molecular complexity index is 927. The van der Waals surface area contributed by atoms with Gasteiger partial charge in [0.1, 0.15) is 5.82 Å². The average Bonchev–Trinajstić information content (AvgIpc) is 3.02. The van der Waals surface area contributed by atoms with E-state index in [1.807, 2.05) is 36.4 Å². The molecular formula is C20H21FN4O. The van der Waals surface area contributed by atoms with Crippen LogP contribution in [-0.2, 0) is 6.54 Å². The second-order valence-corrected chi connectivity index (χ2v) is 6.63. The van der Waals surface area contributed by atoms with E-state index < -0.39 is 0 Å². The van der Waals surface area contributed by atoms with Crippen molar-refractivity contribution in [1.82, 2.24) is 14.7 Å². The van der Waals surface area contributed by atoms with Crippen LogP contribution in [0.1, 0.15) is 17.4 Å². The molecule has 0 amide bonds. The van der Waals surface area contributed by atoms with Crippen molar-refractivity contribution in [2.75, 3.05) is 31.1 Å². The largest absolute Gasteiger partial charge is 0.369 e. The maximum Gasteiger partial charge on any atom is 0.244 e. The van der Waals surface area contributed by atoms with Gasteiger partial charge in [-0.3, -0.25) is 9.69 Å². The van der Waals surface area contributed by atoms with Crippen molar-refractivity contribution in [3.8, 4) is 0 Å². The molecule has 0 aliphatic carbocycles. The van der Waals surface area contributed by atoms with Crippen LogP contribution in [0, 0.1) is 5.82 Å². The minimum Gasteiger partial charge on any atom is -0.369 e. The van der Waals surface area contributed by atoms with Crippen molar-refractivity contribution < 1.29 is 9.18 Å². The number of rotatable bonds is 3. The molecule has 134 valence electrons. The van der Waals surface area contributed by atoms with E-state index in [2.05, 4.69) is 14.9 Å². The Hall–Kier alpha value is -2.73. The van der Waals surface area contributed by atoms with Gasteiger partial charge in [-0.05, 0) is 30.3 Å². The number of carbonyl (C=O) groups is 1. The summed E-state index contributed by atoms with van der Waals surface area (Å²) < 4.78 is 14.6. The number of aromatic nitrogens is 2. The van der Waals surface area contributed by atoms with Gasteiger partial charge in [0.05, 0.1) is 11.2 Å². The first-order valence-electron chi connectivity index (χ1n) is 8.82. The first-order valence-corrected chi connectivity index (χ1v) is 8.82. The third-order valence-corrected chi connectivity index (χ3v) is 4.90. The summed E-state index contributed by atoms with van der Waals surface area (Å²) >= 11 is 0. The van der Waals surface area contributed by atoms with Crippen LogP contribution < -0.4 is 4.90 Å². The summed E-state index contributed by atoms with van der Waals surface area (Å²) in [6.45, 7) is 5.83. The molecule has 3 aromatic rings. The lowest BCUT2D eigenvalue weighted by Gasteiger charge is -2.35. The minimum absolute atomic E-state index is 0.0754. The Morgan fingerprint density at radius 3 is 2.42 bits per heavy atom. The molecule has 4 rings (SSSR count). The van der Waals surface area contributed by atoms with Gasteiger partial charge in [-0.1, -0.05) is 18.2 Å². The van der Waals surface area contributed by atoms with E-state index in [-0.39, 0.29) is 11.7 Å². The third-order valence-electron chi connectivity index (χ3n) is 4.90. The van der Waals surface area contributed by atoms with Crippen LogP contribution in [0.2, 0.25) is 0 Å². The van der Waals surface area contributed by atoms with Crippen LogP contribution >= 0.6 is 0 Å². The number of nitrogens with zero attached hydrogens (tertiary/aromatic N) is 4. The molecule has 26 heavy (non-hydrogen) atoms. The zero-order chi connectivity index (χ0) is 18.1. The summed E-state index contributed by atoms with van der Waals surface area (Å²) in [4.78, 5) is 16.5. The molecule has 0 bridgehead atoms. The number of para-hydroxylation sites is 1. The van der Waals surface area contributed by atoms with Gasteiger partial charge in [0.25, 0.3) is 0 Å². The average molecular weight is 352 g/mol. The van der Waals surface area contributed by atoms with Gasteiger partial charge >= 0.3 is 0 Å². The topological polar surface area (TPSA) is 41.4 Å². The summed E-state index contributed by atoms with van der Waals surface area (Å²) in [5.41, 5.74) is 2.85. The van der Waals surface area contributed by atoms with Gasteiger partial charge in [-0.2, -0.15) is 5.10 Å². The lowest BCUT2D eigenvalue weighted by atomic mass is 10.2. The predicted octanol–water partition coefficient (Wildman–Crippen LogP) is 3.16. The van der Waals surface area contributed by atoms with Crippen LogP contribution in [0.3, 0.4) is 0 Å². The van der Waals surface area contributed by atoms with Crippen LogP contribution in [0.15, 0.2) is 48.5 Å². The number of hydrogen-bond donors (Lipinski definition) is 0. The molecule has 2 heterocycles.